The molecule has 29 heavy (non-hydrogen) atoms. The Bertz CT molecular complexity index is 746. The number of rotatable bonds is 8. The number of anilines is 1. The molecule has 8 nitrogen and oxygen atoms in total. The molecule has 1 saturated heterocycles. The van der Waals surface area contributed by atoms with Crippen LogP contribution in [0, 0.1) is 0 Å². The number of likely N-dealkylation sites (tertiary alicyclic amines) is 1. The van der Waals surface area contributed by atoms with Crippen molar-refractivity contribution in [1.82, 2.24) is 9.80 Å². The van der Waals surface area contributed by atoms with Gasteiger partial charge < -0.3 is 19.9 Å². The molecule has 0 unspecified atom stereocenters. The van der Waals surface area contributed by atoms with Gasteiger partial charge in [-0.25, -0.2) is 0 Å². The van der Waals surface area contributed by atoms with Crippen LogP contribution in [0.5, 0.6) is 0 Å². The predicted octanol–water partition coefficient (Wildman–Crippen LogP) is 2.05. The molecular formula is C21H29N3O5. The lowest BCUT2D eigenvalue weighted by molar-refractivity contribution is -0.151. The first-order chi connectivity index (χ1) is 13.9. The van der Waals surface area contributed by atoms with E-state index in [0.29, 0.717) is 37.3 Å². The molecule has 0 bridgehead atoms. The number of nitrogens with one attached hydrogen (secondary N) is 1. The van der Waals surface area contributed by atoms with Crippen LogP contribution in [0.25, 0.3) is 0 Å². The van der Waals surface area contributed by atoms with E-state index in [1.54, 1.807) is 29.2 Å². The summed E-state index contributed by atoms with van der Waals surface area (Å²) in [5.74, 6) is -1.29. The summed E-state index contributed by atoms with van der Waals surface area (Å²) in [7, 11) is 0. The summed E-state index contributed by atoms with van der Waals surface area (Å²) in [4.78, 5) is 51.6. The Morgan fingerprint density at radius 2 is 1.90 bits per heavy atom. The van der Waals surface area contributed by atoms with Gasteiger partial charge in [0.1, 0.15) is 6.54 Å². The van der Waals surface area contributed by atoms with Gasteiger partial charge in [-0.15, -0.1) is 0 Å². The normalized spacial score (nSPS) is 14.1. The Morgan fingerprint density at radius 3 is 2.62 bits per heavy atom. The van der Waals surface area contributed by atoms with Gasteiger partial charge in [0.15, 0.2) is 6.61 Å². The third-order valence-corrected chi connectivity index (χ3v) is 4.80. The molecule has 1 aromatic rings. The van der Waals surface area contributed by atoms with Crippen LogP contribution >= 0.6 is 0 Å². The van der Waals surface area contributed by atoms with Crippen LogP contribution in [0.3, 0.4) is 0 Å². The van der Waals surface area contributed by atoms with Gasteiger partial charge in [0.05, 0.1) is 0 Å². The molecule has 0 saturated carbocycles. The smallest absolute Gasteiger partial charge is 0.326 e. The SMILES string of the molecule is CCN(CC)C(=O)c1cccc(NC(=O)COC(=O)CN2CCCCCC2=O)c1. The summed E-state index contributed by atoms with van der Waals surface area (Å²) in [6.45, 7) is 4.95. The van der Waals surface area contributed by atoms with Crippen molar-refractivity contribution in [2.75, 3.05) is 38.1 Å². The van der Waals surface area contributed by atoms with Crippen LogP contribution in [0.1, 0.15) is 49.9 Å². The van der Waals surface area contributed by atoms with Gasteiger partial charge in [0.2, 0.25) is 5.91 Å². The molecule has 1 aliphatic heterocycles. The Hall–Kier alpha value is -2.90. The van der Waals surface area contributed by atoms with Gasteiger partial charge in [-0.1, -0.05) is 12.5 Å². The molecule has 1 heterocycles. The minimum Gasteiger partial charge on any atom is -0.454 e. The van der Waals surface area contributed by atoms with Crippen LogP contribution in [0.15, 0.2) is 24.3 Å². The minimum absolute atomic E-state index is 0.0569. The molecule has 158 valence electrons. The van der Waals surface area contributed by atoms with Crippen LogP contribution < -0.4 is 5.32 Å². The van der Waals surface area contributed by atoms with E-state index in [0.717, 1.165) is 19.3 Å². The zero-order valence-corrected chi connectivity index (χ0v) is 17.1. The van der Waals surface area contributed by atoms with E-state index in [-0.39, 0.29) is 18.4 Å². The lowest BCUT2D eigenvalue weighted by Crippen LogP contribution is -2.36. The van der Waals surface area contributed by atoms with E-state index in [1.807, 2.05) is 13.8 Å². The van der Waals surface area contributed by atoms with Crippen molar-refractivity contribution in [2.45, 2.75) is 39.5 Å². The molecule has 0 aliphatic carbocycles. The fraction of sp³-hybridized carbons (Fsp3) is 0.524. The number of amides is 3. The summed E-state index contributed by atoms with van der Waals surface area (Å²) >= 11 is 0. The van der Waals surface area contributed by atoms with Gasteiger partial charge in [0, 0.05) is 37.3 Å². The van der Waals surface area contributed by atoms with E-state index in [1.165, 1.54) is 4.90 Å². The van der Waals surface area contributed by atoms with Crippen molar-refractivity contribution in [1.29, 1.82) is 0 Å². The highest BCUT2D eigenvalue weighted by Gasteiger charge is 2.20. The van der Waals surface area contributed by atoms with Gasteiger partial charge in [-0.3, -0.25) is 19.2 Å². The summed E-state index contributed by atoms with van der Waals surface area (Å²) < 4.78 is 5.00. The van der Waals surface area contributed by atoms with E-state index in [9.17, 15) is 19.2 Å². The van der Waals surface area contributed by atoms with E-state index < -0.39 is 18.5 Å². The summed E-state index contributed by atoms with van der Waals surface area (Å²) in [6, 6.07) is 6.63. The molecule has 1 aromatic carbocycles. The van der Waals surface area contributed by atoms with Gasteiger partial charge in [-0.05, 0) is 44.9 Å². The average molecular weight is 403 g/mol. The Kier molecular flexibility index (Phi) is 8.64. The molecule has 0 aromatic heterocycles. The molecule has 0 spiro atoms. The number of nitrogens with zero attached hydrogens (tertiary/aromatic N) is 2. The number of esters is 1. The van der Waals surface area contributed by atoms with Gasteiger partial charge in [0.25, 0.3) is 11.8 Å². The molecule has 0 atom stereocenters. The Morgan fingerprint density at radius 1 is 1.14 bits per heavy atom. The standard InChI is InChI=1S/C21H29N3O5/c1-3-23(4-2)21(28)16-9-8-10-17(13-16)22-18(25)15-29-20(27)14-24-12-7-5-6-11-19(24)26/h8-10,13H,3-7,11-12,14-15H2,1-2H3,(H,22,25). The molecule has 8 heteroatoms. The minimum atomic E-state index is -0.610. The highest BCUT2D eigenvalue weighted by Crippen LogP contribution is 2.13. The van der Waals surface area contributed by atoms with Crippen molar-refractivity contribution in [3.63, 3.8) is 0 Å². The Balaban J connectivity index is 1.84. The number of carbonyl (C=O) groups is 4. The fourth-order valence-corrected chi connectivity index (χ4v) is 3.17. The maximum Gasteiger partial charge on any atom is 0.326 e. The number of carbonyl (C=O) groups excluding carboxylic acids is 4. The number of hydrogen-bond donors (Lipinski definition) is 1. The highest BCUT2D eigenvalue weighted by atomic mass is 16.5. The number of benzene rings is 1. The van der Waals surface area contributed by atoms with Crippen LogP contribution in [-0.2, 0) is 19.1 Å². The molecule has 1 fully saturated rings. The summed E-state index contributed by atoms with van der Waals surface area (Å²) in [5, 5.41) is 2.62. The Labute approximate surface area is 171 Å². The number of hydrogen-bond acceptors (Lipinski definition) is 5. The molecule has 2 rings (SSSR count). The van der Waals surface area contributed by atoms with Crippen molar-refractivity contribution in [3.8, 4) is 0 Å². The highest BCUT2D eigenvalue weighted by molar-refractivity contribution is 5.97. The van der Waals surface area contributed by atoms with Gasteiger partial charge in [-0.2, -0.15) is 0 Å². The summed E-state index contributed by atoms with van der Waals surface area (Å²) in [6.07, 6.45) is 3.11. The first-order valence-electron chi connectivity index (χ1n) is 10.1. The molecule has 1 aliphatic rings. The molecule has 0 radical (unpaired) electrons. The van der Waals surface area contributed by atoms with Crippen LogP contribution in [-0.4, -0.2) is 66.3 Å². The fourth-order valence-electron chi connectivity index (χ4n) is 3.17. The monoisotopic (exact) mass is 403 g/mol. The lowest BCUT2D eigenvalue weighted by atomic mass is 10.1. The van der Waals surface area contributed by atoms with E-state index in [4.69, 9.17) is 4.74 Å². The first kappa shape index (κ1) is 22.4. The third-order valence-electron chi connectivity index (χ3n) is 4.80. The largest absolute Gasteiger partial charge is 0.454 e. The van der Waals surface area contributed by atoms with Crippen molar-refractivity contribution < 1.29 is 23.9 Å². The quantitative estimate of drug-likeness (QED) is 0.670. The molecule has 1 N–H and O–H groups in total. The number of ether oxygens (including phenoxy) is 1. The first-order valence-corrected chi connectivity index (χ1v) is 10.1. The topological polar surface area (TPSA) is 96.0 Å². The second-order valence-corrected chi connectivity index (χ2v) is 6.89. The molecular weight excluding hydrogens is 374 g/mol. The average Bonchev–Trinajstić information content (AvgIpc) is 2.91. The van der Waals surface area contributed by atoms with E-state index >= 15 is 0 Å². The second kappa shape index (κ2) is 11.2. The van der Waals surface area contributed by atoms with E-state index in [2.05, 4.69) is 5.32 Å². The maximum atomic E-state index is 12.4. The van der Waals surface area contributed by atoms with Crippen molar-refractivity contribution in [2.24, 2.45) is 0 Å². The second-order valence-electron chi connectivity index (χ2n) is 6.89. The zero-order valence-electron chi connectivity index (χ0n) is 17.1. The van der Waals surface area contributed by atoms with Crippen molar-refractivity contribution >= 4 is 29.4 Å². The predicted molar refractivity (Wildman–Crippen MR) is 108 cm³/mol. The van der Waals surface area contributed by atoms with Crippen molar-refractivity contribution in [3.05, 3.63) is 29.8 Å². The maximum absolute atomic E-state index is 12.4. The van der Waals surface area contributed by atoms with Crippen LogP contribution in [0.4, 0.5) is 5.69 Å². The zero-order chi connectivity index (χ0) is 21.2. The lowest BCUT2D eigenvalue weighted by Gasteiger charge is -2.19. The van der Waals surface area contributed by atoms with Gasteiger partial charge >= 0.3 is 5.97 Å². The summed E-state index contributed by atoms with van der Waals surface area (Å²) in [5.41, 5.74) is 0.926. The van der Waals surface area contributed by atoms with Crippen LogP contribution in [0.2, 0.25) is 0 Å². The molecule has 3 amide bonds. The third kappa shape index (κ3) is 6.89.